The van der Waals surface area contributed by atoms with Crippen LogP contribution < -0.4 is 5.73 Å². The van der Waals surface area contributed by atoms with Gasteiger partial charge in [-0.2, -0.15) is 5.26 Å². The summed E-state index contributed by atoms with van der Waals surface area (Å²) in [5.41, 5.74) is 4.82. The summed E-state index contributed by atoms with van der Waals surface area (Å²) in [6.45, 7) is 1.71. The number of hydrogen-bond donors (Lipinski definition) is 1. The third-order valence-electron chi connectivity index (χ3n) is 1.27. The fraction of sp³-hybridized carbons (Fsp3) is 0.286. The van der Waals surface area contributed by atoms with Crippen molar-refractivity contribution in [3.63, 3.8) is 0 Å². The zero-order valence-electron chi connectivity index (χ0n) is 5.66. The Bertz CT molecular complexity index is 243. The summed E-state index contributed by atoms with van der Waals surface area (Å²) in [7, 11) is 0. The minimum atomic E-state index is -0.811. The van der Waals surface area contributed by atoms with Crippen molar-refractivity contribution in [2.24, 2.45) is 5.73 Å². The molecule has 0 saturated heterocycles. The van der Waals surface area contributed by atoms with Crippen LogP contribution in [-0.2, 0) is 5.54 Å². The summed E-state index contributed by atoms with van der Waals surface area (Å²) in [6.07, 6.45) is 0. The highest BCUT2D eigenvalue weighted by Gasteiger charge is 2.20. The van der Waals surface area contributed by atoms with Gasteiger partial charge in [0.1, 0.15) is 5.54 Å². The maximum absolute atomic E-state index is 8.60. The van der Waals surface area contributed by atoms with Gasteiger partial charge in [0.25, 0.3) is 0 Å². The molecule has 0 aliphatic carbocycles. The van der Waals surface area contributed by atoms with Gasteiger partial charge in [-0.15, -0.1) is 11.3 Å². The zero-order chi connectivity index (χ0) is 7.61. The lowest BCUT2D eigenvalue weighted by Gasteiger charge is -2.11. The number of nitrogens with zero attached hydrogens (tertiary/aromatic N) is 1. The molecule has 1 aromatic heterocycles. The highest BCUT2D eigenvalue weighted by Crippen LogP contribution is 2.21. The van der Waals surface area contributed by atoms with Gasteiger partial charge >= 0.3 is 0 Å². The van der Waals surface area contributed by atoms with E-state index in [0.29, 0.717) is 0 Å². The second-order valence-electron chi connectivity index (χ2n) is 2.29. The van der Waals surface area contributed by atoms with Crippen molar-refractivity contribution in [2.45, 2.75) is 12.5 Å². The summed E-state index contributed by atoms with van der Waals surface area (Å²) in [5.74, 6) is 0. The van der Waals surface area contributed by atoms with Crippen LogP contribution in [0.4, 0.5) is 0 Å². The van der Waals surface area contributed by atoms with Gasteiger partial charge in [0.05, 0.1) is 6.07 Å². The van der Waals surface area contributed by atoms with E-state index in [1.165, 1.54) is 11.3 Å². The first kappa shape index (κ1) is 7.26. The Morgan fingerprint density at radius 2 is 2.50 bits per heavy atom. The van der Waals surface area contributed by atoms with Gasteiger partial charge < -0.3 is 5.73 Å². The Morgan fingerprint density at radius 1 is 1.80 bits per heavy atom. The topological polar surface area (TPSA) is 49.8 Å². The first-order valence-corrected chi connectivity index (χ1v) is 3.79. The normalized spacial score (nSPS) is 15.7. The number of nitrogens with two attached hydrogens (primary N) is 1. The van der Waals surface area contributed by atoms with Crippen molar-refractivity contribution in [1.29, 1.82) is 5.26 Å². The van der Waals surface area contributed by atoms with E-state index in [9.17, 15) is 0 Å². The molecule has 0 aliphatic rings. The summed E-state index contributed by atoms with van der Waals surface area (Å²) >= 11 is 1.51. The highest BCUT2D eigenvalue weighted by atomic mass is 32.1. The first-order valence-electron chi connectivity index (χ1n) is 2.91. The highest BCUT2D eigenvalue weighted by molar-refractivity contribution is 7.10. The molecule has 1 rings (SSSR count). The van der Waals surface area contributed by atoms with Crippen LogP contribution in [0.2, 0.25) is 0 Å². The average Bonchev–Trinajstić information content (AvgIpc) is 2.38. The molecular weight excluding hydrogens is 144 g/mol. The van der Waals surface area contributed by atoms with Crippen LogP contribution in [0.1, 0.15) is 11.8 Å². The van der Waals surface area contributed by atoms with E-state index in [2.05, 4.69) is 0 Å². The summed E-state index contributed by atoms with van der Waals surface area (Å²) in [4.78, 5) is 0.912. The standard InChI is InChI=1S/C7H8N2S/c1-7(9,5-8)6-3-2-4-10-6/h2-4H,9H2,1H3. The maximum Gasteiger partial charge on any atom is 0.136 e. The molecule has 0 amide bonds. The molecule has 2 N–H and O–H groups in total. The second kappa shape index (κ2) is 2.41. The van der Waals surface area contributed by atoms with Crippen molar-refractivity contribution in [1.82, 2.24) is 0 Å². The molecule has 2 nitrogen and oxygen atoms in total. The predicted octanol–water partition coefficient (Wildman–Crippen LogP) is 1.45. The lowest BCUT2D eigenvalue weighted by molar-refractivity contribution is 0.661. The number of thiophene rings is 1. The van der Waals surface area contributed by atoms with Crippen LogP contribution in [0.5, 0.6) is 0 Å². The molecule has 0 saturated carbocycles. The van der Waals surface area contributed by atoms with Gasteiger partial charge in [-0.05, 0) is 18.4 Å². The molecule has 3 heteroatoms. The molecule has 0 bridgehead atoms. The second-order valence-corrected chi connectivity index (χ2v) is 3.24. The molecule has 1 aromatic rings. The van der Waals surface area contributed by atoms with Crippen LogP contribution >= 0.6 is 11.3 Å². The Balaban J connectivity index is 2.99. The Labute approximate surface area is 63.9 Å². The number of nitriles is 1. The predicted molar refractivity (Wildman–Crippen MR) is 41.5 cm³/mol. The number of rotatable bonds is 1. The lowest BCUT2D eigenvalue weighted by Crippen LogP contribution is -2.29. The Morgan fingerprint density at radius 3 is 2.90 bits per heavy atom. The average molecular weight is 152 g/mol. The van der Waals surface area contributed by atoms with Crippen LogP contribution in [0.3, 0.4) is 0 Å². The minimum absolute atomic E-state index is 0.811. The van der Waals surface area contributed by atoms with E-state index < -0.39 is 5.54 Å². The SMILES string of the molecule is CC(N)(C#N)c1cccs1. The maximum atomic E-state index is 8.60. The Hall–Kier alpha value is -0.850. The quantitative estimate of drug-likeness (QED) is 0.662. The Kier molecular flexibility index (Phi) is 1.75. The van der Waals surface area contributed by atoms with E-state index in [1.54, 1.807) is 6.92 Å². The largest absolute Gasteiger partial charge is 0.309 e. The third-order valence-corrected chi connectivity index (χ3v) is 2.37. The van der Waals surface area contributed by atoms with Gasteiger partial charge in [0.15, 0.2) is 0 Å². The smallest absolute Gasteiger partial charge is 0.136 e. The van der Waals surface area contributed by atoms with Gasteiger partial charge in [-0.25, -0.2) is 0 Å². The van der Waals surface area contributed by atoms with Crippen molar-refractivity contribution in [2.75, 3.05) is 0 Å². The minimum Gasteiger partial charge on any atom is -0.309 e. The molecule has 1 unspecified atom stereocenters. The molecule has 0 spiro atoms. The summed E-state index contributed by atoms with van der Waals surface area (Å²) < 4.78 is 0. The molecule has 10 heavy (non-hydrogen) atoms. The van der Waals surface area contributed by atoms with Crippen molar-refractivity contribution < 1.29 is 0 Å². The molecule has 52 valence electrons. The molecule has 0 aliphatic heterocycles. The van der Waals surface area contributed by atoms with E-state index >= 15 is 0 Å². The molecule has 0 aromatic carbocycles. The van der Waals surface area contributed by atoms with Crippen molar-refractivity contribution in [3.05, 3.63) is 22.4 Å². The third kappa shape index (κ3) is 1.18. The molecule has 0 radical (unpaired) electrons. The zero-order valence-corrected chi connectivity index (χ0v) is 6.48. The first-order chi connectivity index (χ1) is 4.67. The fourth-order valence-electron chi connectivity index (χ4n) is 0.629. The van der Waals surface area contributed by atoms with Gasteiger partial charge in [0, 0.05) is 4.88 Å². The van der Waals surface area contributed by atoms with E-state index in [-0.39, 0.29) is 0 Å². The van der Waals surface area contributed by atoms with Crippen LogP contribution in [0.15, 0.2) is 17.5 Å². The van der Waals surface area contributed by atoms with E-state index in [0.717, 1.165) is 4.88 Å². The number of hydrogen-bond acceptors (Lipinski definition) is 3. The summed E-state index contributed by atoms with van der Waals surface area (Å²) in [6, 6.07) is 5.79. The monoisotopic (exact) mass is 152 g/mol. The van der Waals surface area contributed by atoms with Crippen molar-refractivity contribution >= 4 is 11.3 Å². The molecule has 0 fully saturated rings. The van der Waals surface area contributed by atoms with Crippen LogP contribution in [0, 0.1) is 11.3 Å². The van der Waals surface area contributed by atoms with Gasteiger partial charge in [-0.1, -0.05) is 6.07 Å². The molecule has 1 atom stereocenters. The summed E-state index contributed by atoms with van der Waals surface area (Å²) in [5, 5.41) is 10.5. The lowest BCUT2D eigenvalue weighted by atomic mass is 10.1. The van der Waals surface area contributed by atoms with E-state index in [4.69, 9.17) is 11.0 Å². The van der Waals surface area contributed by atoms with Gasteiger partial charge in [0.2, 0.25) is 0 Å². The van der Waals surface area contributed by atoms with Gasteiger partial charge in [-0.3, -0.25) is 0 Å². The molecular formula is C7H8N2S. The van der Waals surface area contributed by atoms with Crippen molar-refractivity contribution in [3.8, 4) is 6.07 Å². The van der Waals surface area contributed by atoms with Crippen LogP contribution in [0.25, 0.3) is 0 Å². The molecule has 1 heterocycles. The fourth-order valence-corrected chi connectivity index (χ4v) is 1.38. The van der Waals surface area contributed by atoms with Crippen LogP contribution in [-0.4, -0.2) is 0 Å². The van der Waals surface area contributed by atoms with E-state index in [1.807, 2.05) is 23.6 Å².